The molecule has 4 N–H and O–H groups in total. The van der Waals surface area contributed by atoms with Crippen molar-refractivity contribution in [2.45, 2.75) is 32.4 Å². The monoisotopic (exact) mass is 495 g/mol. The Morgan fingerprint density at radius 1 is 1.20 bits per heavy atom. The molecular weight excluding hydrogens is 470 g/mol. The third-order valence-corrected chi connectivity index (χ3v) is 6.22. The number of hydrogen-bond acceptors (Lipinski definition) is 7. The number of para-hydroxylation sites is 1. The number of rotatable bonds is 6. The Bertz CT molecular complexity index is 1220. The minimum absolute atomic E-state index is 0.117. The lowest BCUT2D eigenvalue weighted by Gasteiger charge is -2.37. The Morgan fingerprint density at radius 3 is 2.69 bits per heavy atom. The van der Waals surface area contributed by atoms with Crippen LogP contribution in [0.5, 0.6) is 5.75 Å². The summed E-state index contributed by atoms with van der Waals surface area (Å²) in [4.78, 5) is 25.8. The molecule has 2 aliphatic rings. The van der Waals surface area contributed by atoms with Crippen molar-refractivity contribution in [2.24, 2.45) is 5.92 Å². The van der Waals surface area contributed by atoms with Crippen LogP contribution in [0.2, 0.25) is 5.02 Å². The molecule has 1 aromatic heterocycles. The third kappa shape index (κ3) is 4.81. The molecule has 3 heterocycles. The van der Waals surface area contributed by atoms with Crippen molar-refractivity contribution in [3.63, 3.8) is 0 Å². The zero-order valence-corrected chi connectivity index (χ0v) is 20.0. The Labute approximate surface area is 207 Å². The number of benzene rings is 2. The SMILES string of the molecule is Cc1cc(NC(=O)C(C)Oc2ccccc2)n(C2NC(=O)C3CNN(c4ccc(Cl)cc4)C3N2)n1. The first-order valence-electron chi connectivity index (χ1n) is 11.3. The Balaban J connectivity index is 1.33. The molecule has 0 aliphatic carbocycles. The summed E-state index contributed by atoms with van der Waals surface area (Å²) in [5, 5.41) is 16.3. The number of carbonyl (C=O) groups is 2. The van der Waals surface area contributed by atoms with E-state index in [9.17, 15) is 9.59 Å². The molecule has 2 aromatic carbocycles. The molecular formula is C24H26ClN7O3. The van der Waals surface area contributed by atoms with Gasteiger partial charge >= 0.3 is 0 Å². The van der Waals surface area contributed by atoms with Gasteiger partial charge in [-0.2, -0.15) is 5.10 Å². The van der Waals surface area contributed by atoms with Gasteiger partial charge in [-0.25, -0.2) is 10.1 Å². The molecule has 3 aromatic rings. The van der Waals surface area contributed by atoms with Crippen LogP contribution >= 0.6 is 11.6 Å². The maximum atomic E-state index is 13.0. The molecule has 4 atom stereocenters. The van der Waals surface area contributed by atoms with Gasteiger partial charge in [-0.15, -0.1) is 0 Å². The molecule has 0 radical (unpaired) electrons. The molecule has 0 bridgehead atoms. The standard InChI is InChI=1S/C24H26ClN7O3/c1-14-12-20(27-22(33)15(2)35-18-6-4-3-5-7-18)32(30-14)24-28-21-19(23(34)29-24)13-26-31(21)17-10-8-16(25)9-11-17/h3-12,15,19,21,24,26,28H,13H2,1-2H3,(H,27,33)(H,29,34). The fourth-order valence-corrected chi connectivity index (χ4v) is 4.36. The van der Waals surface area contributed by atoms with Crippen molar-refractivity contribution >= 4 is 34.9 Å². The summed E-state index contributed by atoms with van der Waals surface area (Å²) in [7, 11) is 0. The summed E-state index contributed by atoms with van der Waals surface area (Å²) in [6.07, 6.45) is -1.74. The minimum Gasteiger partial charge on any atom is -0.481 e. The van der Waals surface area contributed by atoms with Gasteiger partial charge in [0.05, 0.1) is 17.3 Å². The lowest BCUT2D eigenvalue weighted by atomic mass is 10.0. The van der Waals surface area contributed by atoms with Gasteiger partial charge in [-0.05, 0) is 50.2 Å². The number of aryl methyl sites for hydroxylation is 1. The first-order chi connectivity index (χ1) is 16.9. The number of nitrogens with one attached hydrogen (secondary N) is 4. The van der Waals surface area contributed by atoms with E-state index in [0.717, 1.165) is 5.69 Å². The third-order valence-electron chi connectivity index (χ3n) is 5.97. The minimum atomic E-state index is -0.737. The van der Waals surface area contributed by atoms with Crippen molar-refractivity contribution in [3.05, 3.63) is 71.4 Å². The lowest BCUT2D eigenvalue weighted by Crippen LogP contribution is -2.62. The zero-order chi connectivity index (χ0) is 24.5. The number of ether oxygens (including phenoxy) is 1. The summed E-state index contributed by atoms with van der Waals surface area (Å²) in [6.45, 7) is 3.98. The van der Waals surface area contributed by atoms with Crippen molar-refractivity contribution < 1.29 is 14.3 Å². The predicted molar refractivity (Wildman–Crippen MR) is 132 cm³/mol. The first-order valence-corrected chi connectivity index (χ1v) is 11.7. The second-order valence-corrected chi connectivity index (χ2v) is 8.95. The Kier molecular flexibility index (Phi) is 6.33. The largest absolute Gasteiger partial charge is 0.481 e. The Hall–Kier alpha value is -3.60. The highest BCUT2D eigenvalue weighted by atomic mass is 35.5. The van der Waals surface area contributed by atoms with Gasteiger partial charge in [0.2, 0.25) is 5.91 Å². The van der Waals surface area contributed by atoms with Crippen LogP contribution in [0.25, 0.3) is 0 Å². The van der Waals surface area contributed by atoms with Gasteiger partial charge in [0.15, 0.2) is 12.4 Å². The molecule has 5 rings (SSSR count). The van der Waals surface area contributed by atoms with Crippen LogP contribution in [0, 0.1) is 12.8 Å². The number of nitrogens with zero attached hydrogens (tertiary/aromatic N) is 3. The molecule has 4 unspecified atom stereocenters. The predicted octanol–water partition coefficient (Wildman–Crippen LogP) is 2.39. The number of fused-ring (bicyclic) bond motifs is 1. The first kappa shape index (κ1) is 23.2. The van der Waals surface area contributed by atoms with E-state index in [0.29, 0.717) is 28.8 Å². The molecule has 2 fully saturated rings. The Morgan fingerprint density at radius 2 is 1.94 bits per heavy atom. The van der Waals surface area contributed by atoms with Crippen LogP contribution in [-0.4, -0.2) is 40.4 Å². The average molecular weight is 496 g/mol. The molecule has 2 aliphatic heterocycles. The lowest BCUT2D eigenvalue weighted by molar-refractivity contribution is -0.129. The van der Waals surface area contributed by atoms with Crippen LogP contribution in [0.15, 0.2) is 60.7 Å². The highest BCUT2D eigenvalue weighted by Gasteiger charge is 2.45. The van der Waals surface area contributed by atoms with Crippen LogP contribution < -0.4 is 31.1 Å². The van der Waals surface area contributed by atoms with Crippen LogP contribution in [0.1, 0.15) is 18.9 Å². The van der Waals surface area contributed by atoms with Crippen molar-refractivity contribution in [2.75, 3.05) is 16.9 Å². The van der Waals surface area contributed by atoms with Gasteiger partial charge in [-0.3, -0.25) is 19.9 Å². The van der Waals surface area contributed by atoms with E-state index in [1.54, 1.807) is 41.9 Å². The summed E-state index contributed by atoms with van der Waals surface area (Å²) < 4.78 is 7.30. The maximum Gasteiger partial charge on any atom is 0.266 e. The zero-order valence-electron chi connectivity index (χ0n) is 19.2. The summed E-state index contributed by atoms with van der Waals surface area (Å²) in [6, 6.07) is 18.3. The average Bonchev–Trinajstić information content (AvgIpc) is 3.44. The number of hydrogen-bond donors (Lipinski definition) is 4. The summed E-state index contributed by atoms with van der Waals surface area (Å²) >= 11 is 6.04. The van der Waals surface area contributed by atoms with E-state index < -0.39 is 12.4 Å². The summed E-state index contributed by atoms with van der Waals surface area (Å²) in [5.41, 5.74) is 4.84. The molecule has 35 heavy (non-hydrogen) atoms. The fourth-order valence-electron chi connectivity index (χ4n) is 4.24. The van der Waals surface area contributed by atoms with Gasteiger partial charge in [0.25, 0.3) is 5.91 Å². The van der Waals surface area contributed by atoms with Crippen molar-refractivity contribution in [3.8, 4) is 5.75 Å². The van der Waals surface area contributed by atoms with Gasteiger partial charge < -0.3 is 15.4 Å². The number of anilines is 2. The molecule has 182 valence electrons. The van der Waals surface area contributed by atoms with E-state index in [4.69, 9.17) is 16.3 Å². The fraction of sp³-hybridized carbons (Fsp3) is 0.292. The van der Waals surface area contributed by atoms with Gasteiger partial charge in [0, 0.05) is 17.6 Å². The van der Waals surface area contributed by atoms with E-state index >= 15 is 0 Å². The molecule has 2 saturated heterocycles. The number of aromatic nitrogens is 2. The van der Waals surface area contributed by atoms with Crippen LogP contribution in [0.3, 0.4) is 0 Å². The van der Waals surface area contributed by atoms with Crippen LogP contribution in [0.4, 0.5) is 11.5 Å². The highest BCUT2D eigenvalue weighted by molar-refractivity contribution is 6.30. The van der Waals surface area contributed by atoms with E-state index in [-0.39, 0.29) is 23.9 Å². The van der Waals surface area contributed by atoms with E-state index in [1.807, 2.05) is 42.3 Å². The highest BCUT2D eigenvalue weighted by Crippen LogP contribution is 2.28. The number of halogens is 1. The van der Waals surface area contributed by atoms with Crippen molar-refractivity contribution in [1.82, 2.24) is 25.8 Å². The van der Waals surface area contributed by atoms with E-state index in [2.05, 4.69) is 26.5 Å². The number of amides is 2. The van der Waals surface area contributed by atoms with Crippen molar-refractivity contribution in [1.29, 1.82) is 0 Å². The van der Waals surface area contributed by atoms with Gasteiger partial charge in [0.1, 0.15) is 17.7 Å². The number of hydrazine groups is 1. The maximum absolute atomic E-state index is 13.0. The topological polar surface area (TPSA) is 113 Å². The second kappa shape index (κ2) is 9.57. The molecule has 0 saturated carbocycles. The second-order valence-electron chi connectivity index (χ2n) is 8.52. The molecule has 10 nitrogen and oxygen atoms in total. The number of carbonyl (C=O) groups excluding carboxylic acids is 2. The van der Waals surface area contributed by atoms with Gasteiger partial charge in [-0.1, -0.05) is 29.8 Å². The van der Waals surface area contributed by atoms with Crippen LogP contribution in [-0.2, 0) is 9.59 Å². The normalized spacial score (nSPS) is 22.3. The molecule has 11 heteroatoms. The summed E-state index contributed by atoms with van der Waals surface area (Å²) in [5.74, 6) is 0.282. The molecule has 0 spiro atoms. The smallest absolute Gasteiger partial charge is 0.266 e. The quantitative estimate of drug-likeness (QED) is 0.415. The molecule has 2 amide bonds. The van der Waals surface area contributed by atoms with E-state index in [1.165, 1.54) is 0 Å².